The Kier molecular flexibility index (Phi) is 7.89. The molecule has 0 atom stereocenters. The summed E-state index contributed by atoms with van der Waals surface area (Å²) in [4.78, 5) is 2.39. The fourth-order valence-corrected chi connectivity index (χ4v) is 8.90. The SMILES string of the molecule is c1cc(-c2cc3ccccc3c3ccccc23)cc(N(c2ccc(-c3cccc4ccccc34)cc2)c2ccc(-c3cc4ccccc4c4ccccc34)cc2)c1. The molecule has 0 unspecified atom stereocenters. The molecule has 11 rings (SSSR count). The molecule has 1 heteroatoms. The van der Waals surface area contributed by atoms with E-state index in [1.165, 1.54) is 87.2 Å². The van der Waals surface area contributed by atoms with Crippen molar-refractivity contribution in [2.75, 3.05) is 4.90 Å². The predicted octanol–water partition coefficient (Wildman–Crippen LogP) is 15.9. The first-order valence-electron chi connectivity index (χ1n) is 19.7. The maximum absolute atomic E-state index is 2.39. The summed E-state index contributed by atoms with van der Waals surface area (Å²) in [5.41, 5.74) is 10.6. The van der Waals surface area contributed by atoms with E-state index in [-0.39, 0.29) is 0 Å². The molecule has 0 aliphatic carbocycles. The fourth-order valence-electron chi connectivity index (χ4n) is 8.90. The van der Waals surface area contributed by atoms with Crippen molar-refractivity contribution >= 4 is 70.9 Å². The number of hydrogen-bond donors (Lipinski definition) is 0. The molecule has 0 saturated heterocycles. The van der Waals surface area contributed by atoms with Gasteiger partial charge in [-0.05, 0) is 136 Å². The number of rotatable bonds is 6. The third kappa shape index (κ3) is 5.72. The molecule has 11 aromatic carbocycles. The van der Waals surface area contributed by atoms with Crippen LogP contribution in [0, 0.1) is 0 Å². The average molecular weight is 724 g/mol. The Balaban J connectivity index is 1.06. The van der Waals surface area contributed by atoms with Crippen molar-refractivity contribution in [3.63, 3.8) is 0 Å². The van der Waals surface area contributed by atoms with Crippen molar-refractivity contribution in [3.05, 3.63) is 224 Å². The topological polar surface area (TPSA) is 3.24 Å². The number of benzene rings is 11. The van der Waals surface area contributed by atoms with Crippen LogP contribution in [0.3, 0.4) is 0 Å². The number of anilines is 3. The first-order chi connectivity index (χ1) is 28.3. The van der Waals surface area contributed by atoms with Crippen molar-refractivity contribution < 1.29 is 0 Å². The van der Waals surface area contributed by atoms with Crippen LogP contribution in [-0.2, 0) is 0 Å². The van der Waals surface area contributed by atoms with E-state index in [1.54, 1.807) is 0 Å². The van der Waals surface area contributed by atoms with E-state index in [4.69, 9.17) is 0 Å². The van der Waals surface area contributed by atoms with Gasteiger partial charge in [0.1, 0.15) is 0 Å². The van der Waals surface area contributed by atoms with E-state index >= 15 is 0 Å². The first kappa shape index (κ1) is 32.9. The van der Waals surface area contributed by atoms with Crippen LogP contribution in [-0.4, -0.2) is 0 Å². The van der Waals surface area contributed by atoms with Crippen molar-refractivity contribution in [3.8, 4) is 33.4 Å². The zero-order chi connectivity index (χ0) is 37.7. The third-order valence-electron chi connectivity index (χ3n) is 11.6. The Morgan fingerprint density at radius 2 is 0.632 bits per heavy atom. The van der Waals surface area contributed by atoms with E-state index in [9.17, 15) is 0 Å². The van der Waals surface area contributed by atoms with Crippen LogP contribution in [0.4, 0.5) is 17.1 Å². The maximum atomic E-state index is 2.39. The molecule has 11 aromatic rings. The average Bonchev–Trinajstić information content (AvgIpc) is 3.29. The smallest absolute Gasteiger partial charge is 0.0467 e. The minimum absolute atomic E-state index is 1.10. The first-order valence-corrected chi connectivity index (χ1v) is 19.7. The normalized spacial score (nSPS) is 11.5. The van der Waals surface area contributed by atoms with Gasteiger partial charge >= 0.3 is 0 Å². The molecular weight excluding hydrogens is 687 g/mol. The summed E-state index contributed by atoms with van der Waals surface area (Å²) in [5.74, 6) is 0. The second-order valence-corrected chi connectivity index (χ2v) is 14.9. The molecule has 0 spiro atoms. The van der Waals surface area contributed by atoms with Crippen LogP contribution < -0.4 is 4.90 Å². The maximum Gasteiger partial charge on any atom is 0.0467 e. The molecule has 0 saturated carbocycles. The number of nitrogens with zero attached hydrogens (tertiary/aromatic N) is 1. The summed E-state index contributed by atoms with van der Waals surface area (Å²) in [6, 6.07) is 82.0. The minimum atomic E-state index is 1.10. The fraction of sp³-hybridized carbons (Fsp3) is 0. The van der Waals surface area contributed by atoms with E-state index < -0.39 is 0 Å². The van der Waals surface area contributed by atoms with E-state index in [0.29, 0.717) is 0 Å². The molecule has 57 heavy (non-hydrogen) atoms. The Morgan fingerprint density at radius 3 is 1.21 bits per heavy atom. The van der Waals surface area contributed by atoms with Gasteiger partial charge in [0.15, 0.2) is 0 Å². The van der Waals surface area contributed by atoms with Gasteiger partial charge in [-0.1, -0.05) is 176 Å². The summed E-state index contributed by atoms with van der Waals surface area (Å²) >= 11 is 0. The lowest BCUT2D eigenvalue weighted by Crippen LogP contribution is -2.10. The molecule has 0 aliphatic heterocycles. The van der Waals surface area contributed by atoms with Gasteiger partial charge < -0.3 is 4.90 Å². The Bertz CT molecular complexity index is 3280. The van der Waals surface area contributed by atoms with Gasteiger partial charge in [-0.2, -0.15) is 0 Å². The molecule has 0 bridgehead atoms. The number of fused-ring (bicyclic) bond motifs is 7. The van der Waals surface area contributed by atoms with Gasteiger partial charge in [0.2, 0.25) is 0 Å². The van der Waals surface area contributed by atoms with Crippen molar-refractivity contribution in [2.45, 2.75) is 0 Å². The van der Waals surface area contributed by atoms with Crippen molar-refractivity contribution in [1.82, 2.24) is 0 Å². The summed E-state index contributed by atoms with van der Waals surface area (Å²) in [6.07, 6.45) is 0. The highest BCUT2D eigenvalue weighted by Crippen LogP contribution is 2.42. The zero-order valence-electron chi connectivity index (χ0n) is 31.3. The largest absolute Gasteiger partial charge is 0.310 e. The lowest BCUT2D eigenvalue weighted by Gasteiger charge is -2.27. The van der Waals surface area contributed by atoms with Crippen LogP contribution in [0.15, 0.2) is 224 Å². The van der Waals surface area contributed by atoms with Gasteiger partial charge in [0.25, 0.3) is 0 Å². The Labute approximate surface area is 332 Å². The van der Waals surface area contributed by atoms with E-state index in [0.717, 1.165) is 17.1 Å². The van der Waals surface area contributed by atoms with Crippen molar-refractivity contribution in [1.29, 1.82) is 0 Å². The molecule has 1 nitrogen and oxygen atoms in total. The zero-order valence-corrected chi connectivity index (χ0v) is 31.3. The second kappa shape index (κ2) is 13.7. The molecule has 0 aromatic heterocycles. The molecular formula is C56H37N. The molecule has 0 N–H and O–H groups in total. The van der Waals surface area contributed by atoms with Gasteiger partial charge in [-0.15, -0.1) is 0 Å². The van der Waals surface area contributed by atoms with Gasteiger partial charge in [0, 0.05) is 17.1 Å². The van der Waals surface area contributed by atoms with Crippen LogP contribution >= 0.6 is 0 Å². The van der Waals surface area contributed by atoms with Gasteiger partial charge in [-0.25, -0.2) is 0 Å². The third-order valence-corrected chi connectivity index (χ3v) is 11.6. The number of hydrogen-bond acceptors (Lipinski definition) is 1. The van der Waals surface area contributed by atoms with Crippen LogP contribution in [0.25, 0.3) is 87.2 Å². The molecule has 266 valence electrons. The minimum Gasteiger partial charge on any atom is -0.310 e. The highest BCUT2D eigenvalue weighted by molar-refractivity contribution is 6.15. The highest BCUT2D eigenvalue weighted by Gasteiger charge is 2.17. The van der Waals surface area contributed by atoms with Gasteiger partial charge in [0.05, 0.1) is 0 Å². The molecule has 0 radical (unpaired) electrons. The molecule has 0 heterocycles. The van der Waals surface area contributed by atoms with E-state index in [1.807, 2.05) is 0 Å². The highest BCUT2D eigenvalue weighted by atomic mass is 15.1. The summed E-state index contributed by atoms with van der Waals surface area (Å²) < 4.78 is 0. The lowest BCUT2D eigenvalue weighted by atomic mass is 9.92. The monoisotopic (exact) mass is 723 g/mol. The molecule has 0 aliphatic rings. The van der Waals surface area contributed by atoms with Crippen LogP contribution in [0.1, 0.15) is 0 Å². The van der Waals surface area contributed by atoms with E-state index in [2.05, 4.69) is 229 Å². The molecule has 0 fully saturated rings. The van der Waals surface area contributed by atoms with Crippen LogP contribution in [0.5, 0.6) is 0 Å². The predicted molar refractivity (Wildman–Crippen MR) is 245 cm³/mol. The summed E-state index contributed by atoms with van der Waals surface area (Å²) in [6.45, 7) is 0. The quantitative estimate of drug-likeness (QED) is 0.154. The Hall–Kier alpha value is -7.48. The van der Waals surface area contributed by atoms with Crippen molar-refractivity contribution in [2.24, 2.45) is 0 Å². The molecule has 0 amide bonds. The van der Waals surface area contributed by atoms with Crippen LogP contribution in [0.2, 0.25) is 0 Å². The Morgan fingerprint density at radius 1 is 0.211 bits per heavy atom. The second-order valence-electron chi connectivity index (χ2n) is 14.9. The summed E-state index contributed by atoms with van der Waals surface area (Å²) in [7, 11) is 0. The van der Waals surface area contributed by atoms with Gasteiger partial charge in [-0.3, -0.25) is 0 Å². The lowest BCUT2D eigenvalue weighted by molar-refractivity contribution is 1.28. The standard InChI is InChI=1S/C56H37N/c1-4-19-47-38(13-1)16-12-26-48(47)39-27-31-44(32-28-39)57(45-33-29-40(30-34-45)55-36-42-14-2-5-20-49(42)51-22-7-9-24-53(51)55)46-18-11-17-41(35-46)56-37-43-15-3-6-21-50(43)52-23-8-10-25-54(52)56/h1-37H. The summed E-state index contributed by atoms with van der Waals surface area (Å²) in [5, 5.41) is 12.6.